The number of carbonyl (C=O) groups excluding carboxylic acids is 2. The fourth-order valence-electron chi connectivity index (χ4n) is 6.29. The van der Waals surface area contributed by atoms with Crippen molar-refractivity contribution in [2.75, 3.05) is 23.8 Å². The van der Waals surface area contributed by atoms with E-state index in [-0.39, 0.29) is 30.8 Å². The molecule has 0 unspecified atom stereocenters. The first-order valence-corrected chi connectivity index (χ1v) is 16.6. The van der Waals surface area contributed by atoms with Gasteiger partial charge in [-0.25, -0.2) is 9.78 Å². The molecule has 4 aromatic heterocycles. The van der Waals surface area contributed by atoms with Crippen LogP contribution < -0.4 is 21.3 Å². The molecular weight excluding hydrogens is 668 g/mol. The molecule has 266 valence electrons. The Kier molecular flexibility index (Phi) is 10.1. The van der Waals surface area contributed by atoms with Crippen LogP contribution >= 0.6 is 0 Å². The van der Waals surface area contributed by atoms with Gasteiger partial charge in [0.05, 0.1) is 30.6 Å². The van der Waals surface area contributed by atoms with Crippen molar-refractivity contribution in [3.05, 3.63) is 115 Å². The number of urea groups is 1. The Morgan fingerprint density at radius 2 is 1.60 bits per heavy atom. The third-order valence-corrected chi connectivity index (χ3v) is 8.86. The molecule has 0 spiro atoms. The highest BCUT2D eigenvalue weighted by molar-refractivity contribution is 5.87. The number of pyridine rings is 1. The Hall–Kier alpha value is -6.30. The van der Waals surface area contributed by atoms with Crippen molar-refractivity contribution < 1.29 is 24.9 Å². The minimum Gasteiger partial charge on any atom is -0.388 e. The standard InChI is InChI=1S/C35H36N12O5/c48-18-27(49)41-25-15-26(30(51)29(25)50)46-19-39-28-31(37-17-24(21-9-3-1-4-10-21)22-11-5-2-6-12-22)42-34(43-32(28)46)47-20-40-33(45-47)44-35(52)38-16-23-13-7-8-14-36-23/h1-14,19-20,24-26,29-30,48,50-51H,15-18H2,(H,41,49)(H,37,42,43)(H2,38,44,45,52)/t25-,26+,29+,30-/m0/s1. The molecule has 52 heavy (non-hydrogen) atoms. The molecule has 1 aliphatic carbocycles. The number of aromatic nitrogens is 8. The van der Waals surface area contributed by atoms with Crippen LogP contribution in [-0.4, -0.2) is 97.9 Å². The number of hydrogen-bond donors (Lipinski definition) is 7. The van der Waals surface area contributed by atoms with E-state index >= 15 is 0 Å². The van der Waals surface area contributed by atoms with Gasteiger partial charge >= 0.3 is 6.03 Å². The number of anilines is 2. The molecule has 17 heteroatoms. The Labute approximate surface area is 296 Å². The van der Waals surface area contributed by atoms with Crippen molar-refractivity contribution in [3.63, 3.8) is 0 Å². The van der Waals surface area contributed by atoms with E-state index in [2.05, 4.69) is 65.6 Å². The van der Waals surface area contributed by atoms with Crippen molar-refractivity contribution in [1.82, 2.24) is 49.9 Å². The number of fused-ring (bicyclic) bond motifs is 1. The van der Waals surface area contributed by atoms with Crippen molar-refractivity contribution in [1.29, 1.82) is 0 Å². The van der Waals surface area contributed by atoms with E-state index in [1.165, 1.54) is 17.3 Å². The number of amides is 3. The van der Waals surface area contributed by atoms with Gasteiger partial charge in [0.15, 0.2) is 17.0 Å². The summed E-state index contributed by atoms with van der Waals surface area (Å²) in [5.41, 5.74) is 3.56. The highest BCUT2D eigenvalue weighted by Crippen LogP contribution is 2.35. The first kappa shape index (κ1) is 34.2. The van der Waals surface area contributed by atoms with Crippen LogP contribution in [0.1, 0.15) is 35.2 Å². The molecule has 1 aliphatic rings. The van der Waals surface area contributed by atoms with Gasteiger partial charge in [0.1, 0.15) is 25.1 Å². The lowest BCUT2D eigenvalue weighted by atomic mass is 9.91. The summed E-state index contributed by atoms with van der Waals surface area (Å²) in [6.07, 6.45) is 2.03. The summed E-state index contributed by atoms with van der Waals surface area (Å²) in [4.78, 5) is 47.0. The third kappa shape index (κ3) is 7.41. The minimum absolute atomic E-state index is 0.00439. The quantitative estimate of drug-likeness (QED) is 0.0962. The molecule has 0 radical (unpaired) electrons. The average molecular weight is 705 g/mol. The number of aliphatic hydroxyl groups is 3. The Bertz CT molecular complexity index is 2090. The molecule has 1 saturated carbocycles. The van der Waals surface area contributed by atoms with E-state index in [4.69, 9.17) is 9.97 Å². The number of hydrogen-bond acceptors (Lipinski definition) is 12. The number of benzene rings is 2. The van der Waals surface area contributed by atoms with E-state index < -0.39 is 42.8 Å². The second-order valence-electron chi connectivity index (χ2n) is 12.2. The Morgan fingerprint density at radius 1 is 0.865 bits per heavy atom. The zero-order valence-corrected chi connectivity index (χ0v) is 27.7. The summed E-state index contributed by atoms with van der Waals surface area (Å²) in [7, 11) is 0. The second kappa shape index (κ2) is 15.3. The summed E-state index contributed by atoms with van der Waals surface area (Å²) in [6, 6.07) is 23.4. The van der Waals surface area contributed by atoms with E-state index in [9.17, 15) is 24.9 Å². The van der Waals surface area contributed by atoms with Gasteiger partial charge in [0.25, 0.3) is 11.9 Å². The molecular formula is C35H36N12O5. The van der Waals surface area contributed by atoms with Gasteiger partial charge < -0.3 is 35.8 Å². The predicted molar refractivity (Wildman–Crippen MR) is 188 cm³/mol. The van der Waals surface area contributed by atoms with Gasteiger partial charge in [-0.3, -0.25) is 15.1 Å². The molecule has 0 saturated heterocycles. The monoisotopic (exact) mass is 704 g/mol. The van der Waals surface area contributed by atoms with Crippen LogP contribution in [-0.2, 0) is 11.3 Å². The van der Waals surface area contributed by atoms with E-state index in [0.29, 0.717) is 29.2 Å². The highest BCUT2D eigenvalue weighted by Gasteiger charge is 2.44. The number of nitrogens with one attached hydrogen (secondary N) is 4. The second-order valence-corrected chi connectivity index (χ2v) is 12.2. The number of aliphatic hydroxyl groups excluding tert-OH is 3. The minimum atomic E-state index is -1.30. The van der Waals surface area contributed by atoms with Gasteiger partial charge in [0, 0.05) is 18.7 Å². The summed E-state index contributed by atoms with van der Waals surface area (Å²) in [6.45, 7) is -0.129. The highest BCUT2D eigenvalue weighted by atomic mass is 16.3. The van der Waals surface area contributed by atoms with Crippen molar-refractivity contribution >= 4 is 34.9 Å². The van der Waals surface area contributed by atoms with Gasteiger partial charge in [-0.15, -0.1) is 5.10 Å². The van der Waals surface area contributed by atoms with Crippen LogP contribution in [0.5, 0.6) is 0 Å². The molecule has 2 aromatic carbocycles. The fraction of sp³-hybridized carbons (Fsp3) is 0.257. The van der Waals surface area contributed by atoms with Gasteiger partial charge in [-0.2, -0.15) is 19.6 Å². The van der Waals surface area contributed by atoms with Gasteiger partial charge in [-0.1, -0.05) is 66.7 Å². The largest absolute Gasteiger partial charge is 0.388 e. The van der Waals surface area contributed by atoms with Crippen molar-refractivity contribution in [2.24, 2.45) is 0 Å². The molecule has 17 nitrogen and oxygen atoms in total. The fourth-order valence-corrected chi connectivity index (χ4v) is 6.29. The summed E-state index contributed by atoms with van der Waals surface area (Å²) in [5.74, 6) is -0.286. The normalized spacial score (nSPS) is 18.4. The molecule has 7 rings (SSSR count). The van der Waals surface area contributed by atoms with E-state index in [1.807, 2.05) is 42.5 Å². The molecule has 0 aliphatic heterocycles. The molecule has 0 bridgehead atoms. The van der Waals surface area contributed by atoms with E-state index in [1.54, 1.807) is 22.9 Å². The average Bonchev–Trinajstić information content (AvgIpc) is 3.90. The molecule has 1 fully saturated rings. The van der Waals surface area contributed by atoms with Crippen LogP contribution in [0.3, 0.4) is 0 Å². The van der Waals surface area contributed by atoms with Crippen LogP contribution in [0.2, 0.25) is 0 Å². The van der Waals surface area contributed by atoms with E-state index in [0.717, 1.165) is 11.1 Å². The SMILES string of the molecule is O=C(CO)N[C@H]1C[C@@H](n2cnc3c(NCC(c4ccccc4)c4ccccc4)nc(-n4cnc(NC(=O)NCc5ccccn5)n4)nc32)[C@H](O)[C@@H]1O. The van der Waals surface area contributed by atoms with Crippen LogP contribution in [0, 0.1) is 0 Å². The third-order valence-electron chi connectivity index (χ3n) is 8.86. The zero-order valence-electron chi connectivity index (χ0n) is 27.7. The number of rotatable bonds is 12. The van der Waals surface area contributed by atoms with Gasteiger partial charge in [0.2, 0.25) is 5.91 Å². The molecule has 7 N–H and O–H groups in total. The van der Waals surface area contributed by atoms with Crippen LogP contribution in [0.25, 0.3) is 17.1 Å². The van der Waals surface area contributed by atoms with Crippen LogP contribution in [0.4, 0.5) is 16.6 Å². The Morgan fingerprint density at radius 3 is 2.29 bits per heavy atom. The summed E-state index contributed by atoms with van der Waals surface area (Å²) < 4.78 is 2.92. The first-order chi connectivity index (χ1) is 25.4. The first-order valence-electron chi connectivity index (χ1n) is 16.6. The number of imidazole rings is 1. The van der Waals surface area contributed by atoms with Crippen molar-refractivity contribution in [2.45, 2.75) is 43.2 Å². The maximum absolute atomic E-state index is 12.6. The predicted octanol–water partition coefficient (Wildman–Crippen LogP) is 1.51. The lowest BCUT2D eigenvalue weighted by Gasteiger charge is -2.20. The smallest absolute Gasteiger partial charge is 0.321 e. The topological polar surface area (TPSA) is 230 Å². The lowest BCUT2D eigenvalue weighted by Crippen LogP contribution is -2.44. The number of nitrogens with zero attached hydrogens (tertiary/aromatic N) is 8. The van der Waals surface area contributed by atoms with Crippen LogP contribution in [0.15, 0.2) is 97.7 Å². The van der Waals surface area contributed by atoms with Crippen molar-refractivity contribution in [3.8, 4) is 5.95 Å². The molecule has 4 atom stereocenters. The maximum atomic E-state index is 12.6. The summed E-state index contributed by atoms with van der Waals surface area (Å²) in [5, 5.41) is 46.8. The maximum Gasteiger partial charge on any atom is 0.321 e. The lowest BCUT2D eigenvalue weighted by molar-refractivity contribution is -0.125. The van der Waals surface area contributed by atoms with Gasteiger partial charge in [-0.05, 0) is 29.7 Å². The molecule has 6 aromatic rings. The molecule has 3 amide bonds. The summed E-state index contributed by atoms with van der Waals surface area (Å²) >= 11 is 0. The molecule has 4 heterocycles. The zero-order chi connectivity index (χ0) is 36.0. The number of carbonyl (C=O) groups is 2. The Balaban J connectivity index is 1.21.